The lowest BCUT2D eigenvalue weighted by Gasteiger charge is -2.21. The number of halogens is 2. The largest absolute Gasteiger partial charge is 0.242 e. The highest BCUT2D eigenvalue weighted by Crippen LogP contribution is 2.27. The van der Waals surface area contributed by atoms with Crippen LogP contribution in [0.5, 0.6) is 0 Å². The molecule has 1 aliphatic rings. The summed E-state index contributed by atoms with van der Waals surface area (Å²) >= 11 is 5.62. The van der Waals surface area contributed by atoms with Gasteiger partial charge in [0, 0.05) is 11.0 Å². The van der Waals surface area contributed by atoms with Gasteiger partial charge < -0.3 is 0 Å². The molecule has 0 N–H and O–H groups in total. The van der Waals surface area contributed by atoms with Gasteiger partial charge in [0.05, 0.1) is 0 Å². The molecule has 0 nitrogen and oxygen atoms in total. The van der Waals surface area contributed by atoms with Crippen molar-refractivity contribution in [2.75, 3.05) is 0 Å². The minimum absolute atomic E-state index is 0.00231. The van der Waals surface area contributed by atoms with Crippen molar-refractivity contribution in [1.29, 1.82) is 0 Å². The first kappa shape index (κ1) is 8.79. The van der Waals surface area contributed by atoms with Gasteiger partial charge in [0.25, 0.3) is 0 Å². The summed E-state index contributed by atoms with van der Waals surface area (Å²) in [5.74, 6) is 0.333. The van der Waals surface area contributed by atoms with Crippen LogP contribution in [0.1, 0.15) is 13.8 Å². The summed E-state index contributed by atoms with van der Waals surface area (Å²) in [6, 6.07) is 0. The van der Waals surface area contributed by atoms with Crippen LogP contribution >= 0.6 is 11.6 Å². The van der Waals surface area contributed by atoms with Gasteiger partial charge in [-0.15, -0.1) is 0 Å². The molecule has 0 aromatic carbocycles. The molecule has 0 bridgehead atoms. The number of allylic oxidation sites excluding steroid dienone is 4. The molecule has 0 fully saturated rings. The molecule has 0 aromatic heterocycles. The molecule has 0 saturated carbocycles. The molecular weight excluding hydrogens is 163 g/mol. The third-order valence-corrected chi connectivity index (χ3v) is 2.19. The molecule has 2 unspecified atom stereocenters. The van der Waals surface area contributed by atoms with E-state index in [9.17, 15) is 4.39 Å². The minimum Gasteiger partial charge on any atom is -0.242 e. The van der Waals surface area contributed by atoms with E-state index in [0.29, 0.717) is 11.0 Å². The molecule has 1 aliphatic carbocycles. The first-order valence-electron chi connectivity index (χ1n) is 3.81. The molecule has 0 spiro atoms. The lowest BCUT2D eigenvalue weighted by molar-refractivity contribution is 0.266. The van der Waals surface area contributed by atoms with Crippen LogP contribution in [-0.4, -0.2) is 6.17 Å². The van der Waals surface area contributed by atoms with Crippen LogP contribution in [-0.2, 0) is 0 Å². The monoisotopic (exact) mass is 174 g/mol. The van der Waals surface area contributed by atoms with E-state index in [4.69, 9.17) is 11.6 Å². The molecular formula is C9H12ClF. The topological polar surface area (TPSA) is 0 Å². The maximum atomic E-state index is 13.1. The van der Waals surface area contributed by atoms with Crippen molar-refractivity contribution in [2.45, 2.75) is 20.0 Å². The van der Waals surface area contributed by atoms with Gasteiger partial charge in [-0.05, 0) is 18.1 Å². The van der Waals surface area contributed by atoms with Gasteiger partial charge in [-0.25, -0.2) is 4.39 Å². The first-order valence-corrected chi connectivity index (χ1v) is 4.18. The van der Waals surface area contributed by atoms with Crippen LogP contribution in [0.3, 0.4) is 0 Å². The molecule has 1 rings (SSSR count). The summed E-state index contributed by atoms with van der Waals surface area (Å²) in [5.41, 5.74) is 0. The van der Waals surface area contributed by atoms with E-state index in [0.717, 1.165) is 0 Å². The molecule has 0 amide bonds. The molecule has 0 aromatic rings. The minimum atomic E-state index is -0.910. The third-order valence-electron chi connectivity index (χ3n) is 1.93. The van der Waals surface area contributed by atoms with Gasteiger partial charge in [0.15, 0.2) is 0 Å². The first-order chi connectivity index (χ1) is 5.11. The summed E-state index contributed by atoms with van der Waals surface area (Å²) in [5, 5.41) is 0.509. The van der Waals surface area contributed by atoms with Crippen molar-refractivity contribution in [3.8, 4) is 0 Å². The Hall–Kier alpha value is -0.300. The summed E-state index contributed by atoms with van der Waals surface area (Å²) in [6.07, 6.45) is 4.17. The zero-order valence-electron chi connectivity index (χ0n) is 6.72. The average Bonchev–Trinajstić information content (AvgIpc) is 1.85. The highest BCUT2D eigenvalue weighted by molar-refractivity contribution is 6.31. The predicted molar refractivity (Wildman–Crippen MR) is 46.3 cm³/mol. The Kier molecular flexibility index (Phi) is 2.72. The smallest absolute Gasteiger partial charge is 0.126 e. The molecule has 0 saturated heterocycles. The zero-order chi connectivity index (χ0) is 8.43. The van der Waals surface area contributed by atoms with Crippen molar-refractivity contribution >= 4 is 11.6 Å². The van der Waals surface area contributed by atoms with Crippen LogP contribution in [0.15, 0.2) is 23.3 Å². The van der Waals surface area contributed by atoms with Crippen LogP contribution in [0.2, 0.25) is 0 Å². The summed E-state index contributed by atoms with van der Waals surface area (Å²) < 4.78 is 13.1. The maximum absolute atomic E-state index is 13.1. The Morgan fingerprint density at radius 3 is 2.64 bits per heavy atom. The number of hydrogen-bond acceptors (Lipinski definition) is 0. The summed E-state index contributed by atoms with van der Waals surface area (Å²) in [4.78, 5) is 0. The van der Waals surface area contributed by atoms with E-state index in [1.807, 2.05) is 19.9 Å². The summed E-state index contributed by atoms with van der Waals surface area (Å²) in [7, 11) is 0. The zero-order valence-corrected chi connectivity index (χ0v) is 7.48. The second-order valence-electron chi connectivity index (χ2n) is 3.18. The van der Waals surface area contributed by atoms with Crippen molar-refractivity contribution in [1.82, 2.24) is 0 Å². The lowest BCUT2D eigenvalue weighted by atomic mass is 9.88. The second kappa shape index (κ2) is 3.40. The van der Waals surface area contributed by atoms with E-state index in [1.165, 1.54) is 6.08 Å². The van der Waals surface area contributed by atoms with Crippen molar-refractivity contribution in [3.63, 3.8) is 0 Å². The Morgan fingerprint density at radius 2 is 2.18 bits per heavy atom. The van der Waals surface area contributed by atoms with Gasteiger partial charge in [-0.3, -0.25) is 0 Å². The normalized spacial score (nSPS) is 30.8. The maximum Gasteiger partial charge on any atom is 0.126 e. The fourth-order valence-corrected chi connectivity index (χ4v) is 1.41. The van der Waals surface area contributed by atoms with Gasteiger partial charge >= 0.3 is 0 Å². The molecule has 0 radical (unpaired) electrons. The Labute approximate surface area is 71.7 Å². The van der Waals surface area contributed by atoms with E-state index >= 15 is 0 Å². The van der Waals surface area contributed by atoms with E-state index in [1.54, 1.807) is 6.08 Å². The standard InChI is InChI=1S/C9H12ClF/c1-6(2)8-4-3-7(10)5-9(8)11/h3-6,8-9H,1-2H3. The third kappa shape index (κ3) is 2.06. The fraction of sp³-hybridized carbons (Fsp3) is 0.556. The fourth-order valence-electron chi connectivity index (χ4n) is 1.22. The van der Waals surface area contributed by atoms with Gasteiger partial charge in [0.2, 0.25) is 0 Å². The quantitative estimate of drug-likeness (QED) is 0.572. The number of hydrogen-bond donors (Lipinski definition) is 0. The van der Waals surface area contributed by atoms with Crippen LogP contribution in [0, 0.1) is 11.8 Å². The average molecular weight is 175 g/mol. The van der Waals surface area contributed by atoms with Crippen molar-refractivity contribution < 1.29 is 4.39 Å². The molecule has 0 aliphatic heterocycles. The lowest BCUT2D eigenvalue weighted by Crippen LogP contribution is -2.19. The van der Waals surface area contributed by atoms with Crippen LogP contribution in [0.25, 0.3) is 0 Å². The molecule has 2 heteroatoms. The molecule has 0 heterocycles. The Bertz CT molecular complexity index is 194. The molecule has 2 atom stereocenters. The Morgan fingerprint density at radius 1 is 1.55 bits per heavy atom. The van der Waals surface area contributed by atoms with Crippen molar-refractivity contribution in [2.24, 2.45) is 11.8 Å². The van der Waals surface area contributed by atoms with E-state index in [2.05, 4.69) is 0 Å². The highest BCUT2D eigenvalue weighted by Gasteiger charge is 2.22. The van der Waals surface area contributed by atoms with Crippen LogP contribution in [0.4, 0.5) is 4.39 Å². The van der Waals surface area contributed by atoms with Gasteiger partial charge in [-0.1, -0.05) is 31.5 Å². The molecule has 11 heavy (non-hydrogen) atoms. The number of alkyl halides is 1. The summed E-state index contributed by atoms with van der Waals surface area (Å²) in [6.45, 7) is 4.02. The van der Waals surface area contributed by atoms with Crippen LogP contribution < -0.4 is 0 Å². The second-order valence-corrected chi connectivity index (χ2v) is 3.61. The molecule has 62 valence electrons. The predicted octanol–water partition coefficient (Wildman–Crippen LogP) is 3.29. The number of rotatable bonds is 1. The van der Waals surface area contributed by atoms with E-state index in [-0.39, 0.29) is 5.92 Å². The SMILES string of the molecule is CC(C)C1C=CC(Cl)=CC1F. The Balaban J connectivity index is 2.69. The highest BCUT2D eigenvalue weighted by atomic mass is 35.5. The van der Waals surface area contributed by atoms with E-state index < -0.39 is 6.17 Å². The van der Waals surface area contributed by atoms with Gasteiger partial charge in [0.1, 0.15) is 6.17 Å². The van der Waals surface area contributed by atoms with Crippen molar-refractivity contribution in [3.05, 3.63) is 23.3 Å². The van der Waals surface area contributed by atoms with Gasteiger partial charge in [-0.2, -0.15) is 0 Å².